The van der Waals surface area contributed by atoms with E-state index < -0.39 is 11.7 Å². The molecule has 1 aliphatic heterocycles. The van der Waals surface area contributed by atoms with Crippen LogP contribution in [-0.4, -0.2) is 16.2 Å². The summed E-state index contributed by atoms with van der Waals surface area (Å²) in [5.74, 6) is 0. The molecule has 0 saturated heterocycles. The van der Waals surface area contributed by atoms with E-state index in [0.717, 1.165) is 17.7 Å². The van der Waals surface area contributed by atoms with Gasteiger partial charge in [0, 0.05) is 18.1 Å². The van der Waals surface area contributed by atoms with Gasteiger partial charge in [-0.05, 0) is 35.9 Å². The number of benzene rings is 1. The number of halogens is 3. The van der Waals surface area contributed by atoms with Gasteiger partial charge in [0.25, 0.3) is 5.56 Å². The minimum absolute atomic E-state index is 0.149. The third-order valence-corrected chi connectivity index (χ3v) is 5.14. The van der Waals surface area contributed by atoms with Crippen molar-refractivity contribution in [3.63, 3.8) is 0 Å². The Morgan fingerprint density at radius 1 is 1.19 bits per heavy atom. The molecule has 0 N–H and O–H groups in total. The van der Waals surface area contributed by atoms with E-state index in [1.165, 1.54) is 22.0 Å². The fraction of sp³-hybridized carbons (Fsp3) is 0.167. The Balaban J connectivity index is 1.69. The van der Waals surface area contributed by atoms with Crippen LogP contribution < -0.4 is 19.8 Å². The van der Waals surface area contributed by atoms with Gasteiger partial charge in [-0.25, -0.2) is 4.99 Å². The van der Waals surface area contributed by atoms with Gasteiger partial charge in [0.1, 0.15) is 13.3 Å². The van der Waals surface area contributed by atoms with Crippen molar-refractivity contribution in [2.24, 2.45) is 4.99 Å². The number of hydrogen-bond acceptors (Lipinski definition) is 5. The van der Waals surface area contributed by atoms with E-state index in [1.54, 1.807) is 35.5 Å². The van der Waals surface area contributed by atoms with Crippen LogP contribution in [0.25, 0.3) is 6.08 Å². The number of thiazole rings is 1. The first kappa shape index (κ1) is 17.5. The van der Waals surface area contributed by atoms with Crippen molar-refractivity contribution >= 4 is 23.1 Å². The highest BCUT2D eigenvalue weighted by atomic mass is 32.1. The maximum atomic E-state index is 12.9. The monoisotopic (exact) mass is 390 g/mol. The zero-order chi connectivity index (χ0) is 19.0. The molecular weight excluding hydrogens is 377 g/mol. The summed E-state index contributed by atoms with van der Waals surface area (Å²) in [7, 11) is 0. The number of aromatic nitrogens is 2. The molecule has 0 unspecified atom stereocenters. The first-order valence-corrected chi connectivity index (χ1v) is 8.81. The van der Waals surface area contributed by atoms with Crippen molar-refractivity contribution in [2.45, 2.75) is 12.8 Å². The van der Waals surface area contributed by atoms with Crippen LogP contribution in [0.3, 0.4) is 0 Å². The summed E-state index contributed by atoms with van der Waals surface area (Å²) < 4.78 is 40.8. The molecular formula is C18H13F3N4OS. The van der Waals surface area contributed by atoms with Crippen molar-refractivity contribution in [3.8, 4) is 0 Å². The summed E-state index contributed by atoms with van der Waals surface area (Å²) in [5.41, 5.74) is 0.215. The SMILES string of the molecule is O=c1c(=Cc2cccnc2)sc2n1CN(c1cccc(C(F)(F)F)c1)CN=2. The minimum atomic E-state index is -4.42. The molecule has 1 aromatic carbocycles. The number of hydrogen-bond donors (Lipinski definition) is 0. The van der Waals surface area contributed by atoms with Crippen LogP contribution in [0.15, 0.2) is 58.6 Å². The fourth-order valence-electron chi connectivity index (χ4n) is 2.77. The number of rotatable bonds is 2. The summed E-state index contributed by atoms with van der Waals surface area (Å²) in [6.07, 6.45) is 0.607. The summed E-state index contributed by atoms with van der Waals surface area (Å²) in [4.78, 5) is 23.2. The maximum absolute atomic E-state index is 12.9. The second-order valence-electron chi connectivity index (χ2n) is 5.94. The van der Waals surface area contributed by atoms with Crippen molar-refractivity contribution in [2.75, 3.05) is 11.6 Å². The average molecular weight is 390 g/mol. The van der Waals surface area contributed by atoms with Crippen LogP contribution in [0.4, 0.5) is 18.9 Å². The molecule has 0 amide bonds. The second-order valence-corrected chi connectivity index (χ2v) is 6.95. The van der Waals surface area contributed by atoms with Crippen LogP contribution in [0, 0.1) is 0 Å². The molecule has 2 aromatic heterocycles. The average Bonchev–Trinajstić information content (AvgIpc) is 2.97. The van der Waals surface area contributed by atoms with Crippen molar-refractivity contribution in [3.05, 3.63) is 79.6 Å². The second kappa shape index (κ2) is 6.66. The lowest BCUT2D eigenvalue weighted by atomic mass is 10.2. The Kier molecular flexibility index (Phi) is 4.31. The molecule has 1 aliphatic rings. The van der Waals surface area contributed by atoms with Crippen LogP contribution in [0.1, 0.15) is 11.1 Å². The molecule has 0 saturated carbocycles. The molecule has 9 heteroatoms. The first-order chi connectivity index (χ1) is 12.9. The highest BCUT2D eigenvalue weighted by Gasteiger charge is 2.31. The number of alkyl halides is 3. The molecule has 4 rings (SSSR count). The van der Waals surface area contributed by atoms with Gasteiger partial charge in [0.05, 0.1) is 10.1 Å². The van der Waals surface area contributed by atoms with E-state index in [2.05, 4.69) is 9.98 Å². The van der Waals surface area contributed by atoms with E-state index in [-0.39, 0.29) is 18.9 Å². The van der Waals surface area contributed by atoms with Crippen LogP contribution in [0.5, 0.6) is 0 Å². The third kappa shape index (κ3) is 3.50. The molecule has 138 valence electrons. The standard InChI is InChI=1S/C18H13F3N4OS/c19-18(20,21)13-4-1-5-14(8-13)24-10-23-17-25(11-24)16(26)15(27-17)7-12-3-2-6-22-9-12/h1-9H,10-11H2. The van der Waals surface area contributed by atoms with E-state index in [9.17, 15) is 18.0 Å². The predicted octanol–water partition coefficient (Wildman–Crippen LogP) is 2.21. The zero-order valence-electron chi connectivity index (χ0n) is 13.8. The van der Waals surface area contributed by atoms with Crippen molar-refractivity contribution in [1.82, 2.24) is 9.55 Å². The predicted molar refractivity (Wildman–Crippen MR) is 96.0 cm³/mol. The normalized spacial score (nSPS) is 14.8. The Morgan fingerprint density at radius 2 is 2.04 bits per heavy atom. The maximum Gasteiger partial charge on any atom is 0.416 e. The van der Waals surface area contributed by atoms with Crippen LogP contribution in [0.2, 0.25) is 0 Å². The lowest BCUT2D eigenvalue weighted by molar-refractivity contribution is -0.137. The Morgan fingerprint density at radius 3 is 2.78 bits per heavy atom. The summed E-state index contributed by atoms with van der Waals surface area (Å²) >= 11 is 1.26. The number of anilines is 1. The largest absolute Gasteiger partial charge is 0.416 e. The van der Waals surface area contributed by atoms with Gasteiger partial charge in [-0.15, -0.1) is 0 Å². The molecule has 0 fully saturated rings. The van der Waals surface area contributed by atoms with E-state index >= 15 is 0 Å². The summed E-state index contributed by atoms with van der Waals surface area (Å²) in [5, 5.41) is 0. The Labute approximate surface area is 155 Å². The molecule has 0 aliphatic carbocycles. The molecule has 3 heterocycles. The van der Waals surface area contributed by atoms with Gasteiger partial charge in [0.2, 0.25) is 0 Å². The molecule has 27 heavy (non-hydrogen) atoms. The summed E-state index contributed by atoms with van der Waals surface area (Å²) in [6, 6.07) is 8.63. The lowest BCUT2D eigenvalue weighted by Crippen LogP contribution is -2.42. The van der Waals surface area contributed by atoms with E-state index in [4.69, 9.17) is 0 Å². The van der Waals surface area contributed by atoms with Gasteiger partial charge in [-0.1, -0.05) is 23.5 Å². The topological polar surface area (TPSA) is 50.5 Å². The lowest BCUT2D eigenvalue weighted by Gasteiger charge is -2.26. The quantitative estimate of drug-likeness (QED) is 0.674. The third-order valence-electron chi connectivity index (χ3n) is 4.10. The van der Waals surface area contributed by atoms with Crippen molar-refractivity contribution < 1.29 is 13.2 Å². The minimum Gasteiger partial charge on any atom is -0.334 e. The molecule has 0 spiro atoms. The smallest absolute Gasteiger partial charge is 0.334 e. The molecule has 5 nitrogen and oxygen atoms in total. The number of pyridine rings is 1. The molecule has 0 radical (unpaired) electrons. The van der Waals surface area contributed by atoms with Crippen molar-refractivity contribution in [1.29, 1.82) is 0 Å². The molecule has 3 aromatic rings. The molecule has 0 atom stereocenters. The van der Waals surface area contributed by atoms with E-state index in [0.29, 0.717) is 15.0 Å². The van der Waals surface area contributed by atoms with Crippen LogP contribution >= 0.6 is 11.3 Å². The Bertz CT molecular complexity index is 1150. The van der Waals surface area contributed by atoms with Crippen LogP contribution in [-0.2, 0) is 12.8 Å². The number of fused-ring (bicyclic) bond motifs is 1. The Hall–Kier alpha value is -2.94. The highest BCUT2D eigenvalue weighted by Crippen LogP contribution is 2.31. The number of nitrogens with zero attached hydrogens (tertiary/aromatic N) is 4. The summed E-state index contributed by atoms with van der Waals surface area (Å²) in [6.45, 7) is 0.337. The molecule has 0 bridgehead atoms. The van der Waals surface area contributed by atoms with Gasteiger partial charge in [-0.2, -0.15) is 13.2 Å². The van der Waals surface area contributed by atoms with Gasteiger partial charge in [-0.3, -0.25) is 14.3 Å². The fourth-order valence-corrected chi connectivity index (χ4v) is 3.73. The zero-order valence-corrected chi connectivity index (χ0v) is 14.7. The first-order valence-electron chi connectivity index (χ1n) is 8.00. The van der Waals surface area contributed by atoms with E-state index in [1.807, 2.05) is 6.07 Å². The van der Waals surface area contributed by atoms with Gasteiger partial charge < -0.3 is 4.90 Å². The van der Waals surface area contributed by atoms with Gasteiger partial charge >= 0.3 is 6.18 Å². The highest BCUT2D eigenvalue weighted by molar-refractivity contribution is 7.07. The van der Waals surface area contributed by atoms with Gasteiger partial charge in [0.15, 0.2) is 4.80 Å².